The molecule has 6 nitrogen and oxygen atoms in total. The molecule has 0 fully saturated rings. The highest BCUT2D eigenvalue weighted by Gasteiger charge is 2.21. The first kappa shape index (κ1) is 23.4. The summed E-state index contributed by atoms with van der Waals surface area (Å²) < 4.78 is 12.9. The number of aryl methyl sites for hydroxylation is 1. The topological polar surface area (TPSA) is 78.5 Å². The maximum absolute atomic E-state index is 12.9. The number of carbonyl (C=O) groups excluding carboxylic acids is 3. The van der Waals surface area contributed by atoms with Gasteiger partial charge in [-0.1, -0.05) is 25.1 Å². The normalized spacial score (nSPS) is 11.5. The van der Waals surface area contributed by atoms with Gasteiger partial charge in [-0.25, -0.2) is 4.39 Å². The number of likely N-dealkylation sites (N-methyl/N-ethyl adjacent to an activating group) is 1. The fraction of sp³-hybridized carbons (Fsp3) is 0.318. The number of carbonyl (C=O) groups is 3. The molecule has 160 valence electrons. The molecule has 0 aliphatic rings. The van der Waals surface area contributed by atoms with Crippen molar-refractivity contribution in [2.24, 2.45) is 0 Å². The number of rotatable bonds is 9. The van der Waals surface area contributed by atoms with E-state index in [0.717, 1.165) is 17.7 Å². The van der Waals surface area contributed by atoms with E-state index in [2.05, 4.69) is 10.6 Å². The minimum Gasteiger partial charge on any atom is -0.335 e. The highest BCUT2D eigenvalue weighted by Crippen LogP contribution is 2.17. The smallest absolute Gasteiger partial charge is 0.243 e. The van der Waals surface area contributed by atoms with Crippen LogP contribution < -0.4 is 10.6 Å². The first-order valence-electron chi connectivity index (χ1n) is 9.60. The van der Waals surface area contributed by atoms with Crippen molar-refractivity contribution in [3.63, 3.8) is 0 Å². The van der Waals surface area contributed by atoms with Crippen LogP contribution in [0.4, 0.5) is 15.8 Å². The Morgan fingerprint density at radius 2 is 1.70 bits per heavy atom. The Kier molecular flexibility index (Phi) is 8.86. The van der Waals surface area contributed by atoms with Crippen LogP contribution in [-0.4, -0.2) is 47.2 Å². The van der Waals surface area contributed by atoms with Gasteiger partial charge in [-0.2, -0.15) is 0 Å². The summed E-state index contributed by atoms with van der Waals surface area (Å²) in [5.74, 6) is -1.13. The summed E-state index contributed by atoms with van der Waals surface area (Å²) >= 11 is 1.17. The number of nitrogens with one attached hydrogen (secondary N) is 2. The standard InChI is InChI=1S/C22H26FN3O3S/c1-4-16-7-5-6-8-19(16)25-20(27)13-26(3)22(29)15(2)30-14-21(28)24-18-11-9-17(23)10-12-18/h5-12,15H,4,13-14H2,1-3H3,(H,24,28)(H,25,27). The molecular formula is C22H26FN3O3S. The highest BCUT2D eigenvalue weighted by atomic mass is 32.2. The molecule has 3 amide bonds. The van der Waals surface area contributed by atoms with Gasteiger partial charge in [-0.05, 0) is 49.2 Å². The van der Waals surface area contributed by atoms with Gasteiger partial charge in [0.25, 0.3) is 0 Å². The number of benzene rings is 2. The van der Waals surface area contributed by atoms with Crippen LogP contribution in [0.25, 0.3) is 0 Å². The van der Waals surface area contributed by atoms with Crippen molar-refractivity contribution in [2.75, 3.05) is 30.0 Å². The van der Waals surface area contributed by atoms with Crippen LogP contribution in [0.5, 0.6) is 0 Å². The Labute approximate surface area is 180 Å². The van der Waals surface area contributed by atoms with Crippen LogP contribution in [0.2, 0.25) is 0 Å². The molecule has 0 heterocycles. The van der Waals surface area contributed by atoms with Gasteiger partial charge in [-0.3, -0.25) is 14.4 Å². The highest BCUT2D eigenvalue weighted by molar-refractivity contribution is 8.01. The molecule has 0 aliphatic carbocycles. The Morgan fingerprint density at radius 3 is 2.37 bits per heavy atom. The molecule has 2 aromatic rings. The second kappa shape index (κ2) is 11.3. The molecule has 0 spiro atoms. The summed E-state index contributed by atoms with van der Waals surface area (Å²) in [4.78, 5) is 38.2. The van der Waals surface area contributed by atoms with Crippen LogP contribution in [0.1, 0.15) is 19.4 Å². The maximum atomic E-state index is 12.9. The lowest BCUT2D eigenvalue weighted by atomic mass is 10.1. The summed E-state index contributed by atoms with van der Waals surface area (Å²) in [6, 6.07) is 13.0. The number of thioether (sulfide) groups is 1. The average Bonchev–Trinajstić information content (AvgIpc) is 2.73. The molecule has 0 saturated heterocycles. The van der Waals surface area contributed by atoms with Gasteiger partial charge < -0.3 is 15.5 Å². The lowest BCUT2D eigenvalue weighted by Crippen LogP contribution is -2.39. The summed E-state index contributed by atoms with van der Waals surface area (Å²) in [6.45, 7) is 3.62. The Morgan fingerprint density at radius 1 is 1.03 bits per heavy atom. The third kappa shape index (κ3) is 7.18. The van der Waals surface area contributed by atoms with Crippen molar-refractivity contribution in [3.8, 4) is 0 Å². The van der Waals surface area contributed by atoms with Crippen LogP contribution >= 0.6 is 11.8 Å². The van der Waals surface area contributed by atoms with Gasteiger partial charge in [0.05, 0.1) is 17.5 Å². The van der Waals surface area contributed by atoms with Gasteiger partial charge in [-0.15, -0.1) is 11.8 Å². The lowest BCUT2D eigenvalue weighted by Gasteiger charge is -2.21. The molecule has 2 N–H and O–H groups in total. The zero-order chi connectivity index (χ0) is 22.1. The zero-order valence-corrected chi connectivity index (χ0v) is 18.1. The van der Waals surface area contributed by atoms with Crippen molar-refractivity contribution >= 4 is 40.9 Å². The van der Waals surface area contributed by atoms with E-state index in [-0.39, 0.29) is 35.8 Å². The fourth-order valence-corrected chi connectivity index (χ4v) is 3.54. The third-order valence-corrected chi connectivity index (χ3v) is 5.50. The first-order chi connectivity index (χ1) is 14.3. The van der Waals surface area contributed by atoms with E-state index in [1.54, 1.807) is 14.0 Å². The van der Waals surface area contributed by atoms with E-state index >= 15 is 0 Å². The zero-order valence-electron chi connectivity index (χ0n) is 17.3. The molecule has 1 atom stereocenters. The van der Waals surface area contributed by atoms with E-state index in [0.29, 0.717) is 5.69 Å². The molecule has 30 heavy (non-hydrogen) atoms. The minimum atomic E-state index is -0.496. The molecule has 0 aliphatic heterocycles. The van der Waals surface area contributed by atoms with Gasteiger partial charge in [0, 0.05) is 18.4 Å². The Balaban J connectivity index is 1.79. The predicted molar refractivity (Wildman–Crippen MR) is 119 cm³/mol. The largest absolute Gasteiger partial charge is 0.335 e. The molecule has 1 unspecified atom stereocenters. The second-order valence-corrected chi connectivity index (χ2v) is 8.09. The number of nitrogens with zero attached hydrogens (tertiary/aromatic N) is 1. The van der Waals surface area contributed by atoms with Crippen LogP contribution in [0.3, 0.4) is 0 Å². The molecule has 0 bridgehead atoms. The predicted octanol–water partition coefficient (Wildman–Crippen LogP) is 3.55. The maximum Gasteiger partial charge on any atom is 0.243 e. The summed E-state index contributed by atoms with van der Waals surface area (Å²) in [5.41, 5.74) is 2.25. The Hall–Kier alpha value is -2.87. The number of amides is 3. The van der Waals surface area contributed by atoms with Crippen LogP contribution in [0.15, 0.2) is 48.5 Å². The molecule has 0 aromatic heterocycles. The van der Waals surface area contributed by atoms with Crippen molar-refractivity contribution in [2.45, 2.75) is 25.5 Å². The average molecular weight is 432 g/mol. The van der Waals surface area contributed by atoms with Crippen molar-refractivity contribution < 1.29 is 18.8 Å². The van der Waals surface area contributed by atoms with E-state index in [9.17, 15) is 18.8 Å². The van der Waals surface area contributed by atoms with E-state index in [4.69, 9.17) is 0 Å². The number of hydrogen-bond donors (Lipinski definition) is 2. The van der Waals surface area contributed by atoms with Gasteiger partial charge in [0.1, 0.15) is 5.82 Å². The van der Waals surface area contributed by atoms with Crippen molar-refractivity contribution in [1.29, 1.82) is 0 Å². The second-order valence-electron chi connectivity index (χ2n) is 6.76. The fourth-order valence-electron chi connectivity index (χ4n) is 2.75. The SMILES string of the molecule is CCc1ccccc1NC(=O)CN(C)C(=O)C(C)SCC(=O)Nc1ccc(F)cc1. The monoisotopic (exact) mass is 431 g/mol. The molecule has 8 heteroatoms. The van der Waals surface area contributed by atoms with Crippen molar-refractivity contribution in [1.82, 2.24) is 4.90 Å². The van der Waals surface area contributed by atoms with Gasteiger partial charge >= 0.3 is 0 Å². The van der Waals surface area contributed by atoms with Crippen LogP contribution in [-0.2, 0) is 20.8 Å². The number of para-hydroxylation sites is 1. The quantitative estimate of drug-likeness (QED) is 0.637. The number of anilines is 2. The molecule has 2 aromatic carbocycles. The molecule has 0 radical (unpaired) electrons. The third-order valence-electron chi connectivity index (χ3n) is 4.37. The molecule has 2 rings (SSSR count). The van der Waals surface area contributed by atoms with Gasteiger partial charge in [0.2, 0.25) is 17.7 Å². The lowest BCUT2D eigenvalue weighted by molar-refractivity contribution is -0.132. The number of hydrogen-bond acceptors (Lipinski definition) is 4. The van der Waals surface area contributed by atoms with Crippen molar-refractivity contribution in [3.05, 3.63) is 59.9 Å². The van der Waals surface area contributed by atoms with Crippen LogP contribution in [0, 0.1) is 5.82 Å². The summed E-state index contributed by atoms with van der Waals surface area (Å²) in [5, 5.41) is 4.99. The molecule has 0 saturated carbocycles. The van der Waals surface area contributed by atoms with E-state index in [1.165, 1.54) is 40.9 Å². The summed E-state index contributed by atoms with van der Waals surface area (Å²) in [7, 11) is 1.56. The Bertz CT molecular complexity index is 889. The van der Waals surface area contributed by atoms with E-state index < -0.39 is 5.25 Å². The number of halogens is 1. The van der Waals surface area contributed by atoms with E-state index in [1.807, 2.05) is 31.2 Å². The van der Waals surface area contributed by atoms with Gasteiger partial charge in [0.15, 0.2) is 0 Å². The summed E-state index contributed by atoms with van der Waals surface area (Å²) in [6.07, 6.45) is 0.791. The first-order valence-corrected chi connectivity index (χ1v) is 10.6. The minimum absolute atomic E-state index is 0.0637. The molecular weight excluding hydrogens is 405 g/mol.